The van der Waals surface area contributed by atoms with Gasteiger partial charge in [0.2, 0.25) is 5.78 Å². The summed E-state index contributed by atoms with van der Waals surface area (Å²) in [6.45, 7) is -0.0599. The van der Waals surface area contributed by atoms with Gasteiger partial charge in [-0.1, -0.05) is 23.7 Å². The molecule has 0 aliphatic rings. The van der Waals surface area contributed by atoms with Gasteiger partial charge in [-0.15, -0.1) is 0 Å². The highest BCUT2D eigenvalue weighted by molar-refractivity contribution is 7.90. The van der Waals surface area contributed by atoms with Crippen molar-refractivity contribution in [3.8, 4) is 11.3 Å². The number of halogens is 4. The Labute approximate surface area is 199 Å². The van der Waals surface area contributed by atoms with Crippen LogP contribution in [0.5, 0.6) is 0 Å². The minimum atomic E-state index is -4.32. The van der Waals surface area contributed by atoms with Crippen molar-refractivity contribution in [2.45, 2.75) is 44.8 Å². The molecule has 0 saturated carbocycles. The Morgan fingerprint density at radius 2 is 1.79 bits per heavy atom. The number of nitrogens with zero attached hydrogens (tertiary/aromatic N) is 3. The summed E-state index contributed by atoms with van der Waals surface area (Å²) < 4.78 is 63.2. The first-order chi connectivity index (χ1) is 15.8. The lowest BCUT2D eigenvalue weighted by Crippen LogP contribution is -2.24. The van der Waals surface area contributed by atoms with Crippen LogP contribution in [0.3, 0.4) is 0 Å². The monoisotopic (exact) mass is 517 g/mol. The summed E-state index contributed by atoms with van der Waals surface area (Å²) in [5.41, 5.74) is 0.679. The molecular formula is C22H23ClF3N3O4S. The van der Waals surface area contributed by atoms with Crippen molar-refractivity contribution in [2.24, 2.45) is 0 Å². The molecule has 0 aliphatic carbocycles. The molecule has 2 heterocycles. The van der Waals surface area contributed by atoms with Crippen LogP contribution in [-0.2, 0) is 27.6 Å². The van der Waals surface area contributed by atoms with E-state index in [0.29, 0.717) is 16.3 Å². The van der Waals surface area contributed by atoms with Crippen molar-refractivity contribution in [3.63, 3.8) is 0 Å². The maximum Gasteiger partial charge on any atom is 0.389 e. The third-order valence-corrected chi connectivity index (χ3v) is 6.39. The van der Waals surface area contributed by atoms with E-state index in [-0.39, 0.29) is 55.1 Å². The molecule has 184 valence electrons. The Hall–Kier alpha value is -2.66. The van der Waals surface area contributed by atoms with Gasteiger partial charge in [0.1, 0.15) is 15.6 Å². The summed E-state index contributed by atoms with van der Waals surface area (Å²) in [7, 11) is -3.22. The van der Waals surface area contributed by atoms with Gasteiger partial charge in [0.15, 0.2) is 0 Å². The molecule has 0 bridgehead atoms. The summed E-state index contributed by atoms with van der Waals surface area (Å²) in [5.74, 6) is -0.323. The molecular weight excluding hydrogens is 495 g/mol. The number of fused-ring (bicyclic) bond motifs is 1. The zero-order valence-electron chi connectivity index (χ0n) is 18.3. The van der Waals surface area contributed by atoms with E-state index in [1.54, 1.807) is 24.3 Å². The van der Waals surface area contributed by atoms with Gasteiger partial charge in [-0.05, 0) is 25.0 Å². The third kappa shape index (κ3) is 7.17. The number of imidazole rings is 1. The van der Waals surface area contributed by atoms with Gasteiger partial charge in [-0.3, -0.25) is 14.0 Å². The van der Waals surface area contributed by atoms with E-state index in [1.807, 2.05) is 0 Å². The molecule has 0 radical (unpaired) electrons. The molecule has 1 aromatic carbocycles. The molecule has 0 spiro atoms. The van der Waals surface area contributed by atoms with E-state index in [0.717, 1.165) is 6.26 Å². The van der Waals surface area contributed by atoms with Gasteiger partial charge in [0, 0.05) is 60.6 Å². The van der Waals surface area contributed by atoms with Gasteiger partial charge >= 0.3 is 6.18 Å². The number of carbonyl (C=O) groups is 1. The highest BCUT2D eigenvalue weighted by Gasteiger charge is 2.26. The Balaban J connectivity index is 1.94. The van der Waals surface area contributed by atoms with E-state index >= 15 is 0 Å². The molecule has 7 nitrogen and oxygen atoms in total. The topological polar surface area (TPSA) is 90.5 Å². The molecule has 3 rings (SSSR count). The number of hydrogen-bond donors (Lipinski definition) is 0. The minimum Gasteiger partial charge on any atom is -0.318 e. The fourth-order valence-electron chi connectivity index (χ4n) is 3.51. The van der Waals surface area contributed by atoms with Crippen molar-refractivity contribution < 1.29 is 26.4 Å². The Kier molecular flexibility index (Phi) is 7.87. The summed E-state index contributed by atoms with van der Waals surface area (Å²) in [4.78, 5) is 29.8. The van der Waals surface area contributed by atoms with Crippen LogP contribution >= 0.6 is 11.6 Å². The quantitative estimate of drug-likeness (QED) is 0.404. The molecule has 0 unspecified atom stereocenters. The second-order valence-corrected chi connectivity index (χ2v) is 10.8. The van der Waals surface area contributed by atoms with Gasteiger partial charge in [0.05, 0.1) is 11.4 Å². The second kappa shape index (κ2) is 10.3. The molecule has 0 N–H and O–H groups in total. The van der Waals surface area contributed by atoms with Gasteiger partial charge < -0.3 is 4.57 Å². The molecule has 0 atom stereocenters. The van der Waals surface area contributed by atoms with Crippen LogP contribution in [0, 0.1) is 0 Å². The molecule has 2 aromatic heterocycles. The average molecular weight is 518 g/mol. The van der Waals surface area contributed by atoms with Crippen molar-refractivity contribution in [2.75, 3.05) is 12.0 Å². The standard InChI is InChI=1S/C22H23ClF3N3O4S/c1-34(32,33)11-2-4-18(30)12-16-13-28(10-3-9-22(24,25)26)21-27-19(14-29(21)20(16)31)15-5-7-17(23)8-6-15/h5-8,13-14H,2-4,9-12H2,1H3. The number of rotatable bonds is 10. The number of carbonyl (C=O) groups excluding carboxylic acids is 1. The molecule has 0 aliphatic heterocycles. The van der Waals surface area contributed by atoms with Crippen LogP contribution < -0.4 is 5.56 Å². The fraction of sp³-hybridized carbons (Fsp3) is 0.409. The van der Waals surface area contributed by atoms with Crippen LogP contribution in [0.15, 0.2) is 41.5 Å². The molecule has 0 fully saturated rings. The summed E-state index contributed by atoms with van der Waals surface area (Å²) in [5, 5.41) is 0.510. The number of sulfone groups is 1. The van der Waals surface area contributed by atoms with E-state index in [1.165, 1.54) is 21.4 Å². The number of ketones is 1. The number of benzene rings is 1. The molecule has 34 heavy (non-hydrogen) atoms. The van der Waals surface area contributed by atoms with E-state index in [4.69, 9.17) is 11.6 Å². The molecule has 0 saturated heterocycles. The van der Waals surface area contributed by atoms with Crippen molar-refractivity contribution >= 4 is 33.0 Å². The smallest absolute Gasteiger partial charge is 0.318 e. The number of alkyl halides is 3. The number of hydrogen-bond acceptors (Lipinski definition) is 5. The van der Waals surface area contributed by atoms with Crippen molar-refractivity contribution in [1.82, 2.24) is 14.0 Å². The Morgan fingerprint density at radius 1 is 1.12 bits per heavy atom. The van der Waals surface area contributed by atoms with Crippen LogP contribution in [0.1, 0.15) is 31.2 Å². The van der Waals surface area contributed by atoms with Crippen LogP contribution in [0.25, 0.3) is 17.0 Å². The van der Waals surface area contributed by atoms with Gasteiger partial charge in [-0.25, -0.2) is 13.4 Å². The summed E-state index contributed by atoms with van der Waals surface area (Å²) in [6, 6.07) is 6.71. The van der Waals surface area contributed by atoms with Crippen LogP contribution in [0.4, 0.5) is 13.2 Å². The first-order valence-corrected chi connectivity index (χ1v) is 12.9. The van der Waals surface area contributed by atoms with E-state index in [9.17, 15) is 31.2 Å². The Bertz CT molecular complexity index is 1350. The lowest BCUT2D eigenvalue weighted by molar-refractivity contribution is -0.135. The predicted molar refractivity (Wildman–Crippen MR) is 123 cm³/mol. The average Bonchev–Trinajstić information content (AvgIpc) is 3.16. The van der Waals surface area contributed by atoms with Crippen LogP contribution in [-0.4, -0.2) is 46.3 Å². The number of Topliss-reactive ketones (excluding diaryl/α,β-unsaturated/α-hetero) is 1. The van der Waals surface area contributed by atoms with Gasteiger partial charge in [-0.2, -0.15) is 13.2 Å². The SMILES string of the molecule is CS(=O)(=O)CCCC(=O)Cc1cn(CCCC(F)(F)F)c2nc(-c3ccc(Cl)cc3)cn2c1=O. The van der Waals surface area contributed by atoms with Crippen molar-refractivity contribution in [1.29, 1.82) is 0 Å². The number of aryl methyl sites for hydroxylation is 1. The lowest BCUT2D eigenvalue weighted by atomic mass is 10.1. The van der Waals surface area contributed by atoms with Gasteiger partial charge in [0.25, 0.3) is 5.56 Å². The minimum absolute atomic E-state index is 0.0292. The molecule has 0 amide bonds. The van der Waals surface area contributed by atoms with E-state index < -0.39 is 28.0 Å². The maximum atomic E-state index is 13.0. The third-order valence-electron chi connectivity index (χ3n) is 5.11. The summed E-state index contributed by atoms with van der Waals surface area (Å²) >= 11 is 5.92. The zero-order valence-corrected chi connectivity index (χ0v) is 19.9. The number of aromatic nitrogens is 3. The molecule has 3 aromatic rings. The fourth-order valence-corrected chi connectivity index (χ4v) is 4.30. The maximum absolute atomic E-state index is 13.0. The lowest BCUT2D eigenvalue weighted by Gasteiger charge is -2.12. The zero-order chi connectivity index (χ0) is 25.1. The predicted octanol–water partition coefficient (Wildman–Crippen LogP) is 4.10. The van der Waals surface area contributed by atoms with Crippen LogP contribution in [0.2, 0.25) is 5.02 Å². The highest BCUT2D eigenvalue weighted by Crippen LogP contribution is 2.23. The largest absolute Gasteiger partial charge is 0.389 e. The highest BCUT2D eigenvalue weighted by atomic mass is 35.5. The van der Waals surface area contributed by atoms with E-state index in [2.05, 4.69) is 4.98 Å². The second-order valence-electron chi connectivity index (χ2n) is 8.12. The molecule has 12 heteroatoms. The normalized spacial score (nSPS) is 12.4. The summed E-state index contributed by atoms with van der Waals surface area (Å²) in [6.07, 6.45) is -1.81. The first kappa shape index (κ1) is 26.0. The first-order valence-electron chi connectivity index (χ1n) is 10.5. The Morgan fingerprint density at radius 3 is 2.41 bits per heavy atom. The van der Waals surface area contributed by atoms with Crippen molar-refractivity contribution in [3.05, 3.63) is 57.6 Å².